The predicted molar refractivity (Wildman–Crippen MR) is 103 cm³/mol. The molecule has 3 aromatic carbocycles. The number of carbonyl (C=O) groups is 3. The average Bonchev–Trinajstić information content (AvgIpc) is 2.92. The molecule has 0 aromatic heterocycles. The van der Waals surface area contributed by atoms with Crippen LogP contribution in [0.4, 0.5) is 0 Å². The molecule has 3 aromatic rings. The summed E-state index contributed by atoms with van der Waals surface area (Å²) in [6, 6.07) is 17.6. The van der Waals surface area contributed by atoms with Gasteiger partial charge in [-0.2, -0.15) is 0 Å². The molecule has 27 heavy (non-hydrogen) atoms. The monoisotopic (exact) mass is 397 g/mol. The van der Waals surface area contributed by atoms with Crippen molar-refractivity contribution in [3.05, 3.63) is 76.8 Å². The topological polar surface area (TPSA) is 63.7 Å². The zero-order chi connectivity index (χ0) is 19.0. The lowest BCUT2D eigenvalue weighted by atomic mass is 10.1. The summed E-state index contributed by atoms with van der Waals surface area (Å²) in [5.74, 6) is -2.04. The zero-order valence-corrected chi connectivity index (χ0v) is 15.4. The standard InChI is InChI=1S/C20H12ClNO4S/c21-15-9-3-5-12-6-4-10-16(18(12)15)27-11-17(23)26-22-19(24)13-7-1-2-8-14(13)20(22)25/h1-10H,11H2. The molecule has 0 saturated heterocycles. The molecule has 0 saturated carbocycles. The van der Waals surface area contributed by atoms with E-state index in [4.69, 9.17) is 16.4 Å². The van der Waals surface area contributed by atoms with Crippen LogP contribution in [-0.4, -0.2) is 28.6 Å². The molecule has 5 nitrogen and oxygen atoms in total. The van der Waals surface area contributed by atoms with Gasteiger partial charge in [0.05, 0.1) is 16.9 Å². The molecule has 1 heterocycles. The van der Waals surface area contributed by atoms with E-state index >= 15 is 0 Å². The number of hydroxylamine groups is 2. The first-order valence-electron chi connectivity index (χ1n) is 8.05. The van der Waals surface area contributed by atoms with Crippen molar-refractivity contribution in [3.63, 3.8) is 0 Å². The molecule has 1 aliphatic heterocycles. The van der Waals surface area contributed by atoms with Gasteiger partial charge < -0.3 is 4.84 Å². The van der Waals surface area contributed by atoms with Gasteiger partial charge in [-0.25, -0.2) is 4.79 Å². The SMILES string of the molecule is O=C(CSc1cccc2cccc(Cl)c12)ON1C(=O)c2ccccc2C1=O. The first-order chi connectivity index (χ1) is 13.1. The van der Waals surface area contributed by atoms with Crippen molar-refractivity contribution >= 4 is 51.9 Å². The second-order valence-corrected chi connectivity index (χ2v) is 7.22. The summed E-state index contributed by atoms with van der Waals surface area (Å²) >= 11 is 7.51. The highest BCUT2D eigenvalue weighted by Gasteiger charge is 2.38. The average molecular weight is 398 g/mol. The lowest BCUT2D eigenvalue weighted by Gasteiger charge is -2.13. The fraction of sp³-hybridized carbons (Fsp3) is 0.0500. The number of fused-ring (bicyclic) bond motifs is 2. The highest BCUT2D eigenvalue weighted by atomic mass is 35.5. The Bertz CT molecular complexity index is 1060. The third-order valence-corrected chi connectivity index (χ3v) is 5.46. The van der Waals surface area contributed by atoms with E-state index in [2.05, 4.69) is 0 Å². The van der Waals surface area contributed by atoms with Gasteiger partial charge in [0.2, 0.25) is 0 Å². The molecule has 0 fully saturated rings. The van der Waals surface area contributed by atoms with E-state index in [1.807, 2.05) is 30.3 Å². The quantitative estimate of drug-likeness (QED) is 0.484. The van der Waals surface area contributed by atoms with Crippen LogP contribution in [0.2, 0.25) is 5.02 Å². The van der Waals surface area contributed by atoms with Gasteiger partial charge in [0.1, 0.15) is 0 Å². The second kappa shape index (κ2) is 7.06. The largest absolute Gasteiger partial charge is 0.343 e. The molecular weight excluding hydrogens is 386 g/mol. The first kappa shape index (κ1) is 17.6. The molecule has 134 valence electrons. The van der Waals surface area contributed by atoms with Crippen molar-refractivity contribution in [2.45, 2.75) is 4.90 Å². The van der Waals surface area contributed by atoms with Gasteiger partial charge in [-0.15, -0.1) is 11.8 Å². The van der Waals surface area contributed by atoms with Crippen LogP contribution in [0, 0.1) is 0 Å². The third-order valence-electron chi connectivity index (χ3n) is 4.11. The summed E-state index contributed by atoms with van der Waals surface area (Å²) in [7, 11) is 0. The maximum atomic E-state index is 12.2. The van der Waals surface area contributed by atoms with Crippen LogP contribution in [-0.2, 0) is 9.63 Å². The van der Waals surface area contributed by atoms with Crippen LogP contribution < -0.4 is 0 Å². The Kier molecular flexibility index (Phi) is 4.59. The van der Waals surface area contributed by atoms with Crippen LogP contribution >= 0.6 is 23.4 Å². The fourth-order valence-corrected chi connectivity index (χ4v) is 4.11. The number of hydrogen-bond donors (Lipinski definition) is 0. The maximum Gasteiger partial charge on any atom is 0.343 e. The van der Waals surface area contributed by atoms with Crippen LogP contribution in [0.1, 0.15) is 20.7 Å². The summed E-state index contributed by atoms with van der Waals surface area (Å²) in [6.07, 6.45) is 0. The van der Waals surface area contributed by atoms with Gasteiger partial charge in [0, 0.05) is 15.3 Å². The van der Waals surface area contributed by atoms with Crippen LogP contribution in [0.25, 0.3) is 10.8 Å². The zero-order valence-electron chi connectivity index (χ0n) is 13.8. The molecule has 0 bridgehead atoms. The summed E-state index contributed by atoms with van der Waals surface area (Å²) in [5, 5.41) is 2.91. The Hall–Kier alpha value is -2.83. The number of amides is 2. The highest BCUT2D eigenvalue weighted by Crippen LogP contribution is 2.33. The van der Waals surface area contributed by atoms with E-state index in [0.717, 1.165) is 15.7 Å². The van der Waals surface area contributed by atoms with Crippen molar-refractivity contribution in [2.24, 2.45) is 0 Å². The minimum absolute atomic E-state index is 0.0717. The maximum absolute atomic E-state index is 12.2. The molecule has 0 N–H and O–H groups in total. The predicted octanol–water partition coefficient (Wildman–Crippen LogP) is 4.34. The number of hydrogen-bond acceptors (Lipinski definition) is 5. The van der Waals surface area contributed by atoms with Gasteiger partial charge in [0.15, 0.2) is 0 Å². The van der Waals surface area contributed by atoms with E-state index in [-0.39, 0.29) is 16.9 Å². The molecule has 1 aliphatic rings. The summed E-state index contributed by atoms with van der Waals surface area (Å²) in [6.45, 7) is 0. The van der Waals surface area contributed by atoms with Gasteiger partial charge >= 0.3 is 5.97 Å². The minimum Gasteiger partial charge on any atom is -0.329 e. The summed E-state index contributed by atoms with van der Waals surface area (Å²) in [4.78, 5) is 42.5. The number of halogens is 1. The first-order valence-corrected chi connectivity index (χ1v) is 9.41. The molecule has 0 spiro atoms. The number of nitrogens with zero attached hydrogens (tertiary/aromatic N) is 1. The van der Waals surface area contributed by atoms with E-state index in [1.54, 1.807) is 18.2 Å². The van der Waals surface area contributed by atoms with Crippen LogP contribution in [0.3, 0.4) is 0 Å². The van der Waals surface area contributed by atoms with Crippen molar-refractivity contribution in [3.8, 4) is 0 Å². The Morgan fingerprint density at radius 3 is 2.22 bits per heavy atom. The van der Waals surface area contributed by atoms with E-state index in [1.165, 1.54) is 23.9 Å². The molecule has 0 aliphatic carbocycles. The van der Waals surface area contributed by atoms with Crippen molar-refractivity contribution in [2.75, 3.05) is 5.75 Å². The van der Waals surface area contributed by atoms with Gasteiger partial charge in [-0.05, 0) is 29.7 Å². The normalized spacial score (nSPS) is 13.1. The number of benzene rings is 3. The van der Waals surface area contributed by atoms with E-state index in [0.29, 0.717) is 10.1 Å². The fourth-order valence-electron chi connectivity index (χ4n) is 2.90. The van der Waals surface area contributed by atoms with Crippen LogP contribution in [0.5, 0.6) is 0 Å². The molecular formula is C20H12ClNO4S. The molecule has 0 atom stereocenters. The molecule has 2 amide bonds. The Morgan fingerprint density at radius 1 is 0.926 bits per heavy atom. The Morgan fingerprint density at radius 2 is 1.56 bits per heavy atom. The Balaban J connectivity index is 1.48. The lowest BCUT2D eigenvalue weighted by molar-refractivity contribution is -0.165. The number of rotatable bonds is 4. The minimum atomic E-state index is -0.696. The molecule has 4 rings (SSSR count). The van der Waals surface area contributed by atoms with Gasteiger partial charge in [-0.1, -0.05) is 53.1 Å². The summed E-state index contributed by atoms with van der Waals surface area (Å²) < 4.78 is 0. The molecule has 0 radical (unpaired) electrons. The second-order valence-electron chi connectivity index (χ2n) is 5.80. The van der Waals surface area contributed by atoms with Crippen molar-refractivity contribution in [1.82, 2.24) is 5.06 Å². The number of thioether (sulfide) groups is 1. The smallest absolute Gasteiger partial charge is 0.329 e. The van der Waals surface area contributed by atoms with Crippen molar-refractivity contribution in [1.29, 1.82) is 0 Å². The third kappa shape index (κ3) is 3.18. The Labute approximate surface area is 163 Å². The van der Waals surface area contributed by atoms with Gasteiger partial charge in [0.25, 0.3) is 11.8 Å². The lowest BCUT2D eigenvalue weighted by Crippen LogP contribution is -2.33. The van der Waals surface area contributed by atoms with Crippen LogP contribution in [0.15, 0.2) is 65.6 Å². The molecule has 0 unspecified atom stereocenters. The van der Waals surface area contributed by atoms with Crippen molar-refractivity contribution < 1.29 is 19.2 Å². The summed E-state index contributed by atoms with van der Waals surface area (Å²) in [5.41, 5.74) is 0.451. The number of carbonyl (C=O) groups excluding carboxylic acids is 3. The van der Waals surface area contributed by atoms with E-state index in [9.17, 15) is 14.4 Å². The highest BCUT2D eigenvalue weighted by molar-refractivity contribution is 8.00. The van der Waals surface area contributed by atoms with Gasteiger partial charge in [-0.3, -0.25) is 9.59 Å². The number of imide groups is 1. The van der Waals surface area contributed by atoms with E-state index < -0.39 is 17.8 Å². The molecule has 7 heteroatoms.